The van der Waals surface area contributed by atoms with E-state index in [9.17, 15) is 9.59 Å². The minimum atomic E-state index is -0.0146. The molecule has 0 aromatic carbocycles. The lowest BCUT2D eigenvalue weighted by Crippen LogP contribution is -2.28. The van der Waals surface area contributed by atoms with Gasteiger partial charge < -0.3 is 5.32 Å². The number of aromatic nitrogens is 2. The van der Waals surface area contributed by atoms with Gasteiger partial charge in [-0.1, -0.05) is 39.0 Å². The van der Waals surface area contributed by atoms with Crippen molar-refractivity contribution in [1.29, 1.82) is 0 Å². The van der Waals surface area contributed by atoms with Crippen LogP contribution in [0.25, 0.3) is 10.2 Å². The zero-order valence-electron chi connectivity index (χ0n) is 13.8. The number of carbonyl (C=O) groups is 1. The van der Waals surface area contributed by atoms with Gasteiger partial charge in [-0.15, -0.1) is 11.3 Å². The third-order valence-corrected chi connectivity index (χ3v) is 5.13. The van der Waals surface area contributed by atoms with Crippen LogP contribution in [0.2, 0.25) is 0 Å². The fourth-order valence-corrected chi connectivity index (χ4v) is 3.76. The average molecular weight is 354 g/mol. The molecule has 2 rings (SSSR count). The normalized spacial score (nSPS) is 11.3. The number of carbonyl (C=O) groups excluding carboxylic acids is 1. The first-order valence-corrected chi connectivity index (χ1v) is 9.77. The minimum absolute atomic E-state index is 0.00686. The minimum Gasteiger partial charge on any atom is -0.355 e. The molecule has 1 N–H and O–H groups in total. The van der Waals surface area contributed by atoms with Crippen LogP contribution in [0.15, 0.2) is 21.4 Å². The lowest BCUT2D eigenvalue weighted by Gasteiger charge is -2.13. The summed E-state index contributed by atoms with van der Waals surface area (Å²) in [7, 11) is 0. The van der Waals surface area contributed by atoms with Crippen LogP contribution in [0.4, 0.5) is 0 Å². The van der Waals surface area contributed by atoms with Gasteiger partial charge >= 0.3 is 0 Å². The third kappa shape index (κ3) is 4.81. The molecule has 7 heteroatoms. The van der Waals surface area contributed by atoms with E-state index in [4.69, 9.17) is 0 Å². The van der Waals surface area contributed by atoms with E-state index in [0.717, 1.165) is 12.8 Å². The van der Waals surface area contributed by atoms with Crippen molar-refractivity contribution in [2.45, 2.75) is 45.3 Å². The number of thioether (sulfide) groups is 1. The molecule has 0 saturated heterocycles. The molecule has 0 radical (unpaired) electrons. The van der Waals surface area contributed by atoms with Crippen LogP contribution in [-0.2, 0) is 11.3 Å². The molecule has 0 saturated carbocycles. The van der Waals surface area contributed by atoms with Crippen LogP contribution in [-0.4, -0.2) is 27.8 Å². The number of nitrogens with zero attached hydrogens (tertiary/aromatic N) is 2. The number of fused-ring (bicyclic) bond motifs is 1. The Morgan fingerprint density at radius 1 is 1.48 bits per heavy atom. The second-order valence-electron chi connectivity index (χ2n) is 5.83. The highest BCUT2D eigenvalue weighted by Crippen LogP contribution is 2.21. The maximum absolute atomic E-state index is 12.6. The van der Waals surface area contributed by atoms with E-state index >= 15 is 0 Å². The van der Waals surface area contributed by atoms with Crippen LogP contribution in [0.1, 0.15) is 33.6 Å². The Bertz CT molecular complexity index is 722. The zero-order chi connectivity index (χ0) is 16.8. The summed E-state index contributed by atoms with van der Waals surface area (Å²) in [5, 5.41) is 5.39. The van der Waals surface area contributed by atoms with Crippen molar-refractivity contribution < 1.29 is 4.79 Å². The molecule has 0 aliphatic carbocycles. The van der Waals surface area contributed by atoms with Gasteiger partial charge in [0.2, 0.25) is 5.91 Å². The number of hydrogen-bond donors (Lipinski definition) is 1. The molecule has 0 aliphatic rings. The molecule has 23 heavy (non-hydrogen) atoms. The second kappa shape index (κ2) is 8.49. The van der Waals surface area contributed by atoms with Crippen molar-refractivity contribution in [3.05, 3.63) is 21.8 Å². The van der Waals surface area contributed by atoms with Crippen LogP contribution in [0, 0.1) is 5.92 Å². The molecule has 2 heterocycles. The number of rotatable bonds is 8. The van der Waals surface area contributed by atoms with Crippen molar-refractivity contribution in [3.63, 3.8) is 0 Å². The van der Waals surface area contributed by atoms with E-state index in [-0.39, 0.29) is 17.2 Å². The summed E-state index contributed by atoms with van der Waals surface area (Å²) in [6.07, 6.45) is 2.03. The first-order chi connectivity index (χ1) is 11.0. The fraction of sp³-hybridized carbons (Fsp3) is 0.562. The number of nitrogens with one attached hydrogen (secondary N) is 1. The Labute approximate surface area is 144 Å². The van der Waals surface area contributed by atoms with Gasteiger partial charge in [-0.3, -0.25) is 14.2 Å². The smallest absolute Gasteiger partial charge is 0.272 e. The largest absolute Gasteiger partial charge is 0.355 e. The van der Waals surface area contributed by atoms with Gasteiger partial charge in [0.25, 0.3) is 5.56 Å². The highest BCUT2D eigenvalue weighted by atomic mass is 32.2. The highest BCUT2D eigenvalue weighted by Gasteiger charge is 2.14. The van der Waals surface area contributed by atoms with Crippen molar-refractivity contribution >= 4 is 39.2 Å². The molecule has 2 aromatic heterocycles. The molecule has 1 amide bonds. The topological polar surface area (TPSA) is 64.0 Å². The predicted molar refractivity (Wildman–Crippen MR) is 97.4 cm³/mol. The molecule has 5 nitrogen and oxygen atoms in total. The lowest BCUT2D eigenvalue weighted by atomic mass is 10.2. The monoisotopic (exact) mass is 353 g/mol. The third-order valence-electron chi connectivity index (χ3n) is 3.26. The molecule has 0 bridgehead atoms. The highest BCUT2D eigenvalue weighted by molar-refractivity contribution is 7.99. The number of unbranched alkanes of at least 4 members (excludes halogenated alkanes) is 1. The van der Waals surface area contributed by atoms with Crippen LogP contribution in [0.5, 0.6) is 0 Å². The summed E-state index contributed by atoms with van der Waals surface area (Å²) in [4.78, 5) is 29.1. The SMILES string of the molecule is CCCCNC(=O)CSc1nc2ccsc2c(=O)n1CC(C)C. The van der Waals surface area contributed by atoms with Crippen molar-refractivity contribution in [2.75, 3.05) is 12.3 Å². The lowest BCUT2D eigenvalue weighted by molar-refractivity contribution is -0.118. The van der Waals surface area contributed by atoms with Crippen LogP contribution < -0.4 is 10.9 Å². The Hall–Kier alpha value is -1.34. The van der Waals surface area contributed by atoms with Crippen LogP contribution >= 0.6 is 23.1 Å². The zero-order valence-corrected chi connectivity index (χ0v) is 15.4. The van der Waals surface area contributed by atoms with E-state index in [1.807, 2.05) is 11.4 Å². The molecule has 0 spiro atoms. The molecule has 0 fully saturated rings. The standard InChI is InChI=1S/C16H23N3O2S2/c1-4-5-7-17-13(20)10-23-16-18-12-6-8-22-14(12)15(21)19(16)9-11(2)3/h6,8,11H,4-5,7,9-10H2,1-3H3,(H,17,20). The Morgan fingerprint density at radius 3 is 2.96 bits per heavy atom. The summed E-state index contributed by atoms with van der Waals surface area (Å²) in [5.74, 6) is 0.605. The number of hydrogen-bond acceptors (Lipinski definition) is 5. The molecule has 2 aromatic rings. The summed E-state index contributed by atoms with van der Waals surface area (Å²) in [6.45, 7) is 7.53. The Kier molecular flexibility index (Phi) is 6.65. The van der Waals surface area contributed by atoms with Crippen molar-refractivity contribution in [1.82, 2.24) is 14.9 Å². The van der Waals surface area contributed by atoms with Gasteiger partial charge in [-0.25, -0.2) is 4.98 Å². The van der Waals surface area contributed by atoms with Gasteiger partial charge in [-0.2, -0.15) is 0 Å². The van der Waals surface area contributed by atoms with Crippen molar-refractivity contribution in [2.24, 2.45) is 5.92 Å². The Morgan fingerprint density at radius 2 is 2.26 bits per heavy atom. The summed E-state index contributed by atoms with van der Waals surface area (Å²) in [5.41, 5.74) is 0.710. The summed E-state index contributed by atoms with van der Waals surface area (Å²) >= 11 is 2.75. The first kappa shape index (κ1) is 18.0. The van der Waals surface area contributed by atoms with Crippen LogP contribution in [0.3, 0.4) is 0 Å². The van der Waals surface area contributed by atoms with E-state index in [1.165, 1.54) is 23.1 Å². The summed E-state index contributed by atoms with van der Waals surface area (Å²) < 4.78 is 2.38. The first-order valence-electron chi connectivity index (χ1n) is 7.90. The molecule has 0 atom stereocenters. The predicted octanol–water partition coefficient (Wildman–Crippen LogP) is 3.12. The van der Waals surface area contributed by atoms with E-state index in [2.05, 4.69) is 31.1 Å². The number of thiophene rings is 1. The van der Waals surface area contributed by atoms with Gasteiger partial charge in [0.15, 0.2) is 5.16 Å². The number of amides is 1. The van der Waals surface area contributed by atoms with E-state index < -0.39 is 0 Å². The van der Waals surface area contributed by atoms with Gasteiger partial charge in [0.05, 0.1) is 11.3 Å². The molecule has 0 aliphatic heterocycles. The maximum atomic E-state index is 12.6. The van der Waals surface area contributed by atoms with Gasteiger partial charge in [-0.05, 0) is 23.8 Å². The molecular formula is C16H23N3O2S2. The maximum Gasteiger partial charge on any atom is 0.272 e. The molecular weight excluding hydrogens is 330 g/mol. The van der Waals surface area contributed by atoms with Gasteiger partial charge in [0.1, 0.15) is 4.70 Å². The van der Waals surface area contributed by atoms with E-state index in [1.54, 1.807) is 4.57 Å². The van der Waals surface area contributed by atoms with Gasteiger partial charge in [0, 0.05) is 13.1 Å². The van der Waals surface area contributed by atoms with E-state index in [0.29, 0.717) is 34.4 Å². The van der Waals surface area contributed by atoms with Crippen molar-refractivity contribution in [3.8, 4) is 0 Å². The quantitative estimate of drug-likeness (QED) is 0.450. The summed E-state index contributed by atoms with van der Waals surface area (Å²) in [6, 6.07) is 1.85. The second-order valence-corrected chi connectivity index (χ2v) is 7.69. The molecule has 0 unspecified atom stereocenters. The Balaban J connectivity index is 2.17. The molecule has 126 valence electrons. The average Bonchev–Trinajstić information content (AvgIpc) is 2.97. The fourth-order valence-electron chi connectivity index (χ4n) is 2.15.